The number of hydrogen-bond donors (Lipinski definition) is 0. The minimum Gasteiger partial charge on any atom is -0.487 e. The molecule has 3 aliphatic heterocycles. The van der Waals surface area contributed by atoms with E-state index in [0.29, 0.717) is 12.1 Å². The molecule has 3 aliphatic rings. The van der Waals surface area contributed by atoms with Crippen molar-refractivity contribution in [1.82, 2.24) is 9.88 Å². The van der Waals surface area contributed by atoms with E-state index < -0.39 is 0 Å². The highest BCUT2D eigenvalue weighted by Crippen LogP contribution is 2.36. The first-order chi connectivity index (χ1) is 11.2. The molecule has 23 heavy (non-hydrogen) atoms. The summed E-state index contributed by atoms with van der Waals surface area (Å²) in [4.78, 5) is 12.0. The van der Waals surface area contributed by atoms with Crippen LogP contribution in [0.25, 0.3) is 0 Å². The van der Waals surface area contributed by atoms with Gasteiger partial charge in [0, 0.05) is 44.8 Å². The molecule has 0 N–H and O–H groups in total. The predicted molar refractivity (Wildman–Crippen MR) is 90.6 cm³/mol. The molecule has 0 aliphatic carbocycles. The van der Waals surface area contributed by atoms with Crippen molar-refractivity contribution in [2.75, 3.05) is 62.3 Å². The monoisotopic (exact) mass is 318 g/mol. The Morgan fingerprint density at radius 1 is 1.17 bits per heavy atom. The van der Waals surface area contributed by atoms with Gasteiger partial charge in [0.1, 0.15) is 6.61 Å². The number of nitrogens with zero attached hydrogens (tertiary/aromatic N) is 4. The molecule has 0 radical (unpaired) electrons. The Bertz CT molecular complexity index is 560. The SMILES string of the molecule is CC(C)N1CCN2c3ncc(N4CCOCC4)cc3OC[C@@H]2C1. The summed E-state index contributed by atoms with van der Waals surface area (Å²) in [6.07, 6.45) is 1.99. The zero-order valence-corrected chi connectivity index (χ0v) is 14.1. The number of anilines is 2. The largest absolute Gasteiger partial charge is 0.487 e. The lowest BCUT2D eigenvalue weighted by molar-refractivity contribution is 0.122. The van der Waals surface area contributed by atoms with E-state index in [0.717, 1.165) is 69.8 Å². The maximum atomic E-state index is 6.06. The van der Waals surface area contributed by atoms with Gasteiger partial charge in [-0.3, -0.25) is 4.90 Å². The van der Waals surface area contributed by atoms with Crippen LogP contribution >= 0.6 is 0 Å². The molecule has 0 aromatic carbocycles. The van der Waals surface area contributed by atoms with Crippen LogP contribution in [-0.2, 0) is 4.74 Å². The first-order valence-electron chi connectivity index (χ1n) is 8.68. The summed E-state index contributed by atoms with van der Waals surface area (Å²) < 4.78 is 11.5. The molecule has 6 nitrogen and oxygen atoms in total. The van der Waals surface area contributed by atoms with E-state index in [1.165, 1.54) is 0 Å². The van der Waals surface area contributed by atoms with Gasteiger partial charge in [-0.05, 0) is 13.8 Å². The number of morpholine rings is 1. The molecule has 4 rings (SSSR count). The van der Waals surface area contributed by atoms with Crippen molar-refractivity contribution in [2.45, 2.75) is 25.9 Å². The van der Waals surface area contributed by atoms with Crippen molar-refractivity contribution < 1.29 is 9.47 Å². The van der Waals surface area contributed by atoms with Crippen molar-refractivity contribution in [3.63, 3.8) is 0 Å². The summed E-state index contributed by atoms with van der Waals surface area (Å²) >= 11 is 0. The molecule has 0 spiro atoms. The number of aromatic nitrogens is 1. The van der Waals surface area contributed by atoms with Crippen molar-refractivity contribution in [3.8, 4) is 5.75 Å². The van der Waals surface area contributed by atoms with Gasteiger partial charge in [0.15, 0.2) is 11.6 Å². The first-order valence-corrected chi connectivity index (χ1v) is 8.68. The van der Waals surface area contributed by atoms with Gasteiger partial charge in [-0.1, -0.05) is 0 Å². The van der Waals surface area contributed by atoms with E-state index >= 15 is 0 Å². The van der Waals surface area contributed by atoms with Gasteiger partial charge < -0.3 is 19.3 Å². The summed E-state index contributed by atoms with van der Waals surface area (Å²) in [6, 6.07) is 3.16. The van der Waals surface area contributed by atoms with Crippen LogP contribution in [0.4, 0.5) is 11.5 Å². The molecule has 2 saturated heterocycles. The summed E-state index contributed by atoms with van der Waals surface area (Å²) in [5.41, 5.74) is 1.14. The molecule has 0 unspecified atom stereocenters. The highest BCUT2D eigenvalue weighted by Gasteiger charge is 2.34. The van der Waals surface area contributed by atoms with Crippen LogP contribution in [0.2, 0.25) is 0 Å². The zero-order valence-electron chi connectivity index (χ0n) is 14.1. The summed E-state index contributed by atoms with van der Waals surface area (Å²) in [6.45, 7) is 11.9. The zero-order chi connectivity index (χ0) is 15.8. The van der Waals surface area contributed by atoms with Crippen molar-refractivity contribution in [1.29, 1.82) is 0 Å². The molecule has 1 aromatic heterocycles. The molecule has 2 fully saturated rings. The molecule has 0 amide bonds. The van der Waals surface area contributed by atoms with Gasteiger partial charge in [0.05, 0.1) is 31.1 Å². The quantitative estimate of drug-likeness (QED) is 0.816. The second-order valence-electron chi connectivity index (χ2n) is 6.86. The Morgan fingerprint density at radius 2 is 2.00 bits per heavy atom. The minimum absolute atomic E-state index is 0.417. The lowest BCUT2D eigenvalue weighted by Crippen LogP contribution is -2.58. The van der Waals surface area contributed by atoms with Crippen molar-refractivity contribution in [2.24, 2.45) is 0 Å². The van der Waals surface area contributed by atoms with E-state index in [1.807, 2.05) is 6.20 Å². The fraction of sp³-hybridized carbons (Fsp3) is 0.706. The van der Waals surface area contributed by atoms with Crippen LogP contribution in [0.15, 0.2) is 12.3 Å². The van der Waals surface area contributed by atoms with Gasteiger partial charge >= 0.3 is 0 Å². The van der Waals surface area contributed by atoms with E-state index in [9.17, 15) is 0 Å². The molecule has 4 heterocycles. The van der Waals surface area contributed by atoms with Crippen LogP contribution in [-0.4, -0.2) is 74.5 Å². The topological polar surface area (TPSA) is 41.1 Å². The van der Waals surface area contributed by atoms with Crippen LogP contribution in [0.5, 0.6) is 5.75 Å². The average Bonchev–Trinajstić information content (AvgIpc) is 2.61. The van der Waals surface area contributed by atoms with E-state index in [1.54, 1.807) is 0 Å². The van der Waals surface area contributed by atoms with E-state index in [-0.39, 0.29) is 0 Å². The summed E-state index contributed by atoms with van der Waals surface area (Å²) in [5, 5.41) is 0. The lowest BCUT2D eigenvalue weighted by atomic mass is 10.1. The number of ether oxygens (including phenoxy) is 2. The molecule has 6 heteroatoms. The Morgan fingerprint density at radius 3 is 2.78 bits per heavy atom. The summed E-state index contributed by atoms with van der Waals surface area (Å²) in [7, 11) is 0. The Labute approximate surface area is 138 Å². The average molecular weight is 318 g/mol. The highest BCUT2D eigenvalue weighted by atomic mass is 16.5. The van der Waals surface area contributed by atoms with Gasteiger partial charge in [0.2, 0.25) is 0 Å². The molecule has 1 atom stereocenters. The fourth-order valence-electron chi connectivity index (χ4n) is 3.70. The lowest BCUT2D eigenvalue weighted by Gasteiger charge is -2.46. The van der Waals surface area contributed by atoms with Gasteiger partial charge in [-0.25, -0.2) is 4.98 Å². The third kappa shape index (κ3) is 2.85. The highest BCUT2D eigenvalue weighted by molar-refractivity contribution is 5.62. The molecular formula is C17H26N4O2. The van der Waals surface area contributed by atoms with E-state index in [2.05, 4.69) is 34.6 Å². The van der Waals surface area contributed by atoms with Crippen molar-refractivity contribution >= 4 is 11.5 Å². The third-order valence-electron chi connectivity index (χ3n) is 5.14. The smallest absolute Gasteiger partial charge is 0.171 e. The van der Waals surface area contributed by atoms with E-state index in [4.69, 9.17) is 14.5 Å². The normalized spacial score (nSPS) is 25.1. The van der Waals surface area contributed by atoms with Gasteiger partial charge in [0.25, 0.3) is 0 Å². The molecular weight excluding hydrogens is 292 g/mol. The molecule has 126 valence electrons. The Balaban J connectivity index is 1.53. The van der Waals surface area contributed by atoms with Gasteiger partial charge in [-0.15, -0.1) is 0 Å². The Hall–Kier alpha value is -1.53. The van der Waals surface area contributed by atoms with Crippen LogP contribution in [0, 0.1) is 0 Å². The fourth-order valence-corrected chi connectivity index (χ4v) is 3.70. The number of fused-ring (bicyclic) bond motifs is 3. The number of hydrogen-bond acceptors (Lipinski definition) is 6. The number of piperazine rings is 1. The first kappa shape index (κ1) is 15.0. The second-order valence-corrected chi connectivity index (χ2v) is 6.86. The Kier molecular flexibility index (Phi) is 4.03. The second kappa shape index (κ2) is 6.17. The maximum absolute atomic E-state index is 6.06. The standard InChI is InChI=1S/C17H26N4O2/c1-13(2)20-3-4-21-15(11-20)12-23-16-9-14(10-18-17(16)21)19-5-7-22-8-6-19/h9-10,13,15H,3-8,11-12H2,1-2H3/t15-/m0/s1. The minimum atomic E-state index is 0.417. The number of rotatable bonds is 2. The molecule has 0 bridgehead atoms. The molecule has 1 aromatic rings. The van der Waals surface area contributed by atoms with Crippen molar-refractivity contribution in [3.05, 3.63) is 12.3 Å². The summed E-state index contributed by atoms with van der Waals surface area (Å²) in [5.74, 6) is 1.95. The van der Waals surface area contributed by atoms with Crippen LogP contribution in [0.1, 0.15) is 13.8 Å². The third-order valence-corrected chi connectivity index (χ3v) is 5.14. The van der Waals surface area contributed by atoms with Crippen LogP contribution in [0.3, 0.4) is 0 Å². The number of pyridine rings is 1. The molecule has 0 saturated carbocycles. The van der Waals surface area contributed by atoms with Gasteiger partial charge in [-0.2, -0.15) is 0 Å². The predicted octanol–water partition coefficient (Wildman–Crippen LogP) is 1.21. The maximum Gasteiger partial charge on any atom is 0.171 e. The van der Waals surface area contributed by atoms with Crippen LogP contribution < -0.4 is 14.5 Å².